The molecule has 2 aromatic carbocycles. The summed E-state index contributed by atoms with van der Waals surface area (Å²) in [6, 6.07) is 23.9. The number of hydrogen-bond donors (Lipinski definition) is 0. The summed E-state index contributed by atoms with van der Waals surface area (Å²) in [7, 11) is 0. The van der Waals surface area contributed by atoms with Crippen LogP contribution >= 0.6 is 11.8 Å². The Morgan fingerprint density at radius 3 is 2.32 bits per heavy atom. The summed E-state index contributed by atoms with van der Waals surface area (Å²) >= 11 is 1.42. The van der Waals surface area contributed by atoms with Crippen LogP contribution in [-0.2, 0) is 17.9 Å². The number of aromatic nitrogens is 1. The van der Waals surface area contributed by atoms with Crippen LogP contribution in [0.4, 0.5) is 0 Å². The molecule has 1 fully saturated rings. The van der Waals surface area contributed by atoms with Crippen molar-refractivity contribution >= 4 is 28.9 Å². The lowest BCUT2D eigenvalue weighted by Gasteiger charge is -2.15. The Balaban J connectivity index is 1.63. The van der Waals surface area contributed by atoms with Gasteiger partial charge in [0.1, 0.15) is 0 Å². The Hall–Kier alpha value is -3.18. The predicted molar refractivity (Wildman–Crippen MR) is 114 cm³/mol. The van der Waals surface area contributed by atoms with Crippen molar-refractivity contribution in [3.05, 3.63) is 107 Å². The van der Waals surface area contributed by atoms with Gasteiger partial charge in [-0.3, -0.25) is 19.7 Å². The Kier molecular flexibility index (Phi) is 5.64. The number of benzene rings is 2. The highest BCUT2D eigenvalue weighted by molar-refractivity contribution is 8.18. The van der Waals surface area contributed by atoms with Crippen LogP contribution in [0, 0.1) is 0 Å². The van der Waals surface area contributed by atoms with Crippen LogP contribution < -0.4 is 0 Å². The molecule has 0 bridgehead atoms. The lowest BCUT2D eigenvalue weighted by atomic mass is 10.2. The molecule has 0 atom stereocenters. The van der Waals surface area contributed by atoms with E-state index in [9.17, 15) is 4.79 Å². The maximum atomic E-state index is 13.1. The molecular formula is C23H19N3OS. The normalized spacial score (nSPS) is 16.9. The molecule has 1 saturated heterocycles. The number of carbonyl (C=O) groups is 1. The van der Waals surface area contributed by atoms with E-state index in [1.165, 1.54) is 11.8 Å². The number of nitrogens with zero attached hydrogens (tertiary/aromatic N) is 3. The third-order valence-electron chi connectivity index (χ3n) is 4.29. The lowest BCUT2D eigenvalue weighted by molar-refractivity contribution is -0.122. The SMILES string of the molecule is O=C1/C(=C/c2cccnc2)SC(=NCc2ccccc2)N1Cc1ccccc1. The van der Waals surface area contributed by atoms with Gasteiger partial charge in [0.25, 0.3) is 5.91 Å². The molecule has 3 aromatic rings. The molecule has 0 spiro atoms. The van der Waals surface area contributed by atoms with E-state index in [4.69, 9.17) is 4.99 Å². The van der Waals surface area contributed by atoms with Crippen molar-refractivity contribution < 1.29 is 4.79 Å². The zero-order valence-electron chi connectivity index (χ0n) is 15.2. The zero-order chi connectivity index (χ0) is 19.2. The largest absolute Gasteiger partial charge is 0.282 e. The van der Waals surface area contributed by atoms with Crippen molar-refractivity contribution in [1.29, 1.82) is 0 Å². The van der Waals surface area contributed by atoms with E-state index in [2.05, 4.69) is 4.98 Å². The molecule has 4 nitrogen and oxygen atoms in total. The van der Waals surface area contributed by atoms with Crippen molar-refractivity contribution in [1.82, 2.24) is 9.88 Å². The molecule has 2 heterocycles. The van der Waals surface area contributed by atoms with E-state index in [-0.39, 0.29) is 5.91 Å². The van der Waals surface area contributed by atoms with Gasteiger partial charge in [-0.2, -0.15) is 0 Å². The van der Waals surface area contributed by atoms with Gasteiger partial charge in [-0.05, 0) is 40.6 Å². The average molecular weight is 385 g/mol. The Morgan fingerprint density at radius 2 is 1.64 bits per heavy atom. The van der Waals surface area contributed by atoms with E-state index in [1.54, 1.807) is 17.3 Å². The van der Waals surface area contributed by atoms with Gasteiger partial charge >= 0.3 is 0 Å². The second kappa shape index (κ2) is 8.67. The summed E-state index contributed by atoms with van der Waals surface area (Å²) in [5.74, 6) is -0.0236. The molecule has 1 aliphatic heterocycles. The van der Waals surface area contributed by atoms with Gasteiger partial charge in [-0.15, -0.1) is 0 Å². The zero-order valence-corrected chi connectivity index (χ0v) is 16.0. The highest BCUT2D eigenvalue weighted by Gasteiger charge is 2.33. The monoisotopic (exact) mass is 385 g/mol. The number of amides is 1. The standard InChI is InChI=1S/C23H19N3OS/c27-22-21(14-20-12-7-13-24-15-20)28-23(25-16-18-8-3-1-4-9-18)26(22)17-19-10-5-2-6-11-19/h1-15H,16-17H2/b21-14-,25-23?. The van der Waals surface area contributed by atoms with Crippen molar-refractivity contribution in [3.63, 3.8) is 0 Å². The quantitative estimate of drug-likeness (QED) is 0.595. The van der Waals surface area contributed by atoms with Gasteiger partial charge in [0, 0.05) is 12.4 Å². The fourth-order valence-corrected chi connectivity index (χ4v) is 3.86. The number of carbonyl (C=O) groups excluding carboxylic acids is 1. The molecule has 28 heavy (non-hydrogen) atoms. The third-order valence-corrected chi connectivity index (χ3v) is 5.34. The smallest absolute Gasteiger partial charge is 0.267 e. The molecule has 138 valence electrons. The van der Waals surface area contributed by atoms with Crippen molar-refractivity contribution in [2.75, 3.05) is 0 Å². The molecule has 0 unspecified atom stereocenters. The minimum atomic E-state index is -0.0236. The highest BCUT2D eigenvalue weighted by Crippen LogP contribution is 2.33. The Labute approximate surface area is 168 Å². The molecule has 1 aromatic heterocycles. The molecule has 0 saturated carbocycles. The van der Waals surface area contributed by atoms with Gasteiger partial charge in [-0.25, -0.2) is 0 Å². The van der Waals surface area contributed by atoms with Crippen LogP contribution in [0.1, 0.15) is 16.7 Å². The van der Waals surface area contributed by atoms with E-state index in [0.717, 1.165) is 21.9 Å². The lowest BCUT2D eigenvalue weighted by Crippen LogP contribution is -2.28. The molecule has 0 N–H and O–H groups in total. The van der Waals surface area contributed by atoms with Crippen LogP contribution in [0.5, 0.6) is 0 Å². The molecule has 0 radical (unpaired) electrons. The Morgan fingerprint density at radius 1 is 0.929 bits per heavy atom. The topological polar surface area (TPSA) is 45.6 Å². The number of thioether (sulfide) groups is 1. The second-order valence-electron chi connectivity index (χ2n) is 6.36. The minimum Gasteiger partial charge on any atom is -0.282 e. The highest BCUT2D eigenvalue weighted by atomic mass is 32.2. The third kappa shape index (κ3) is 4.38. The van der Waals surface area contributed by atoms with Gasteiger partial charge in [0.05, 0.1) is 18.0 Å². The summed E-state index contributed by atoms with van der Waals surface area (Å²) < 4.78 is 0. The molecule has 1 amide bonds. The first-order valence-electron chi connectivity index (χ1n) is 9.03. The summed E-state index contributed by atoms with van der Waals surface area (Å²) in [5.41, 5.74) is 3.10. The van der Waals surface area contributed by atoms with E-state index < -0.39 is 0 Å². The summed E-state index contributed by atoms with van der Waals surface area (Å²) in [5, 5.41) is 0.729. The van der Waals surface area contributed by atoms with Crippen LogP contribution in [0.15, 0.2) is 95.1 Å². The summed E-state index contributed by atoms with van der Waals surface area (Å²) in [6.45, 7) is 1.05. The number of pyridine rings is 1. The van der Waals surface area contributed by atoms with Crippen molar-refractivity contribution in [2.45, 2.75) is 13.1 Å². The van der Waals surface area contributed by atoms with E-state index in [0.29, 0.717) is 18.0 Å². The molecule has 4 rings (SSSR count). The maximum Gasteiger partial charge on any atom is 0.267 e. The van der Waals surface area contributed by atoms with Gasteiger partial charge < -0.3 is 0 Å². The van der Waals surface area contributed by atoms with Gasteiger partial charge in [-0.1, -0.05) is 66.7 Å². The number of aliphatic imine (C=N–C) groups is 1. The predicted octanol–water partition coefficient (Wildman–Crippen LogP) is 4.75. The molecule has 5 heteroatoms. The van der Waals surface area contributed by atoms with Gasteiger partial charge in [0.15, 0.2) is 5.17 Å². The maximum absolute atomic E-state index is 13.1. The molecular weight excluding hydrogens is 366 g/mol. The second-order valence-corrected chi connectivity index (χ2v) is 7.37. The van der Waals surface area contributed by atoms with Crippen LogP contribution in [0.3, 0.4) is 0 Å². The fourth-order valence-electron chi connectivity index (χ4n) is 2.89. The fraction of sp³-hybridized carbons (Fsp3) is 0.0870. The number of hydrogen-bond acceptors (Lipinski definition) is 4. The number of amidine groups is 1. The molecule has 1 aliphatic rings. The van der Waals surface area contributed by atoms with E-state index in [1.807, 2.05) is 78.9 Å². The Bertz CT molecular complexity index is 1000. The average Bonchev–Trinajstić information content (AvgIpc) is 3.03. The van der Waals surface area contributed by atoms with Crippen LogP contribution in [-0.4, -0.2) is 21.0 Å². The minimum absolute atomic E-state index is 0.0236. The first kappa shape index (κ1) is 18.2. The first-order chi connectivity index (χ1) is 13.8. The van der Waals surface area contributed by atoms with Crippen molar-refractivity contribution in [2.24, 2.45) is 4.99 Å². The summed E-state index contributed by atoms with van der Waals surface area (Å²) in [4.78, 5) is 24.4. The molecule has 0 aliphatic carbocycles. The van der Waals surface area contributed by atoms with Crippen molar-refractivity contribution in [3.8, 4) is 0 Å². The van der Waals surface area contributed by atoms with Crippen LogP contribution in [0.2, 0.25) is 0 Å². The van der Waals surface area contributed by atoms with Gasteiger partial charge in [0.2, 0.25) is 0 Å². The summed E-state index contributed by atoms with van der Waals surface area (Å²) in [6.07, 6.45) is 5.35. The van der Waals surface area contributed by atoms with Crippen LogP contribution in [0.25, 0.3) is 6.08 Å². The number of rotatable bonds is 5. The van der Waals surface area contributed by atoms with E-state index >= 15 is 0 Å². The first-order valence-corrected chi connectivity index (χ1v) is 9.85.